The number of H-pyrrole nitrogens is 1. The van der Waals surface area contributed by atoms with Crippen molar-refractivity contribution in [3.63, 3.8) is 0 Å². The summed E-state index contributed by atoms with van der Waals surface area (Å²) in [7, 11) is 8.11. The Hall–Kier alpha value is -4.91. The molecule has 0 aliphatic carbocycles. The Bertz CT molecular complexity index is 1480. The van der Waals surface area contributed by atoms with Crippen LogP contribution in [-0.4, -0.2) is 43.1 Å². The van der Waals surface area contributed by atoms with Gasteiger partial charge in [-0.05, 0) is 47.5 Å². The molecule has 4 aromatic carbocycles. The summed E-state index contributed by atoms with van der Waals surface area (Å²) < 4.78 is 0. The van der Waals surface area contributed by atoms with Gasteiger partial charge >= 0.3 is 0 Å². The molecule has 0 unspecified atom stereocenters. The minimum atomic E-state index is -0.388. The van der Waals surface area contributed by atoms with Gasteiger partial charge in [0.2, 0.25) is 0 Å². The highest BCUT2D eigenvalue weighted by Crippen LogP contribution is 2.35. The number of nitro benzene ring substituents is 1. The van der Waals surface area contributed by atoms with E-state index in [9.17, 15) is 10.1 Å². The second kappa shape index (κ2) is 10.2. The minimum Gasteiger partial charge on any atom is -0.378 e. The normalized spacial score (nSPS) is 10.8. The predicted octanol–water partition coefficient (Wildman–Crippen LogP) is 7.12. The van der Waals surface area contributed by atoms with E-state index in [1.54, 1.807) is 12.1 Å². The van der Waals surface area contributed by atoms with Gasteiger partial charge < -0.3 is 14.8 Å². The van der Waals surface area contributed by atoms with Gasteiger partial charge in [-0.25, -0.2) is 4.98 Å². The van der Waals surface area contributed by atoms with E-state index in [1.165, 1.54) is 12.1 Å². The Morgan fingerprint density at radius 3 is 1.50 bits per heavy atom. The van der Waals surface area contributed by atoms with Gasteiger partial charge in [0.05, 0.1) is 16.3 Å². The lowest BCUT2D eigenvalue weighted by Crippen LogP contribution is -2.08. The number of anilines is 2. The molecule has 0 aliphatic heterocycles. The number of hydrogen-bond donors (Lipinski definition) is 1. The van der Waals surface area contributed by atoms with Crippen LogP contribution in [0.5, 0.6) is 0 Å². The summed E-state index contributed by atoms with van der Waals surface area (Å²) in [6.45, 7) is 0. The van der Waals surface area contributed by atoms with Crippen LogP contribution in [0.1, 0.15) is 0 Å². The van der Waals surface area contributed by atoms with Crippen LogP contribution in [0.25, 0.3) is 45.0 Å². The molecule has 38 heavy (non-hydrogen) atoms. The van der Waals surface area contributed by atoms with Crippen molar-refractivity contribution in [2.75, 3.05) is 38.0 Å². The highest BCUT2D eigenvalue weighted by molar-refractivity contribution is 5.82. The maximum absolute atomic E-state index is 11.0. The molecule has 1 aromatic heterocycles. The SMILES string of the molecule is CN(C)c1ccc(-c2nc(-c3ccc(-c4ccc([N+](=O)[O-])cc4)cc3)[nH]c2-c2ccc(N(C)C)cc2)cc1. The molecule has 0 spiro atoms. The standard InChI is InChI=1S/C31H29N5O2/c1-34(2)26-15-11-23(12-16-26)29-30(24-13-17-27(18-14-24)35(3)4)33-31(32-29)25-7-5-21(6-8-25)22-9-19-28(20-10-22)36(37)38/h5-20H,1-4H3,(H,32,33). The zero-order valence-corrected chi connectivity index (χ0v) is 21.8. The van der Waals surface area contributed by atoms with E-state index in [0.29, 0.717) is 0 Å². The molecule has 0 saturated heterocycles. The van der Waals surface area contributed by atoms with Gasteiger partial charge in [0.15, 0.2) is 0 Å². The summed E-state index contributed by atoms with van der Waals surface area (Å²) in [4.78, 5) is 23.3. The van der Waals surface area contributed by atoms with Crippen LogP contribution >= 0.6 is 0 Å². The summed E-state index contributed by atoms with van der Waals surface area (Å²) in [6.07, 6.45) is 0. The van der Waals surface area contributed by atoms with Gasteiger partial charge in [-0.3, -0.25) is 10.1 Å². The molecule has 0 bridgehead atoms. The van der Waals surface area contributed by atoms with Crippen molar-refractivity contribution < 1.29 is 4.92 Å². The maximum atomic E-state index is 11.0. The number of non-ortho nitro benzene ring substituents is 1. The van der Waals surface area contributed by atoms with Crippen molar-refractivity contribution in [3.8, 4) is 45.0 Å². The number of nitrogens with zero attached hydrogens (tertiary/aromatic N) is 4. The van der Waals surface area contributed by atoms with E-state index in [-0.39, 0.29) is 10.6 Å². The van der Waals surface area contributed by atoms with Crippen LogP contribution in [-0.2, 0) is 0 Å². The first-order valence-electron chi connectivity index (χ1n) is 12.3. The zero-order chi connectivity index (χ0) is 26.8. The maximum Gasteiger partial charge on any atom is 0.269 e. The van der Waals surface area contributed by atoms with Gasteiger partial charge in [0, 0.05) is 68.4 Å². The molecule has 0 fully saturated rings. The minimum absolute atomic E-state index is 0.0817. The fraction of sp³-hybridized carbons (Fsp3) is 0.129. The molecule has 5 aromatic rings. The molecule has 5 rings (SSSR count). The van der Waals surface area contributed by atoms with Crippen molar-refractivity contribution in [1.29, 1.82) is 0 Å². The lowest BCUT2D eigenvalue weighted by atomic mass is 10.0. The molecule has 7 nitrogen and oxygen atoms in total. The quantitative estimate of drug-likeness (QED) is 0.189. The second-order valence-corrected chi connectivity index (χ2v) is 9.57. The Kier molecular flexibility index (Phi) is 6.66. The van der Waals surface area contributed by atoms with Crippen molar-refractivity contribution in [1.82, 2.24) is 9.97 Å². The van der Waals surface area contributed by atoms with Gasteiger partial charge in [0.1, 0.15) is 5.82 Å². The number of nitrogens with one attached hydrogen (secondary N) is 1. The molecule has 0 aliphatic rings. The summed E-state index contributed by atoms with van der Waals surface area (Å²) in [5.74, 6) is 0.777. The number of imidazole rings is 1. The molecule has 7 heteroatoms. The number of aromatic amines is 1. The second-order valence-electron chi connectivity index (χ2n) is 9.57. The highest BCUT2D eigenvalue weighted by Gasteiger charge is 2.16. The largest absolute Gasteiger partial charge is 0.378 e. The Labute approximate surface area is 222 Å². The van der Waals surface area contributed by atoms with Crippen LogP contribution in [0.2, 0.25) is 0 Å². The van der Waals surface area contributed by atoms with Crippen molar-refractivity contribution in [2.24, 2.45) is 0 Å². The molecule has 0 radical (unpaired) electrons. The Morgan fingerprint density at radius 1 is 0.605 bits per heavy atom. The van der Waals surface area contributed by atoms with E-state index in [1.807, 2.05) is 52.5 Å². The van der Waals surface area contributed by atoms with Crippen LogP contribution in [0.15, 0.2) is 97.1 Å². The van der Waals surface area contributed by atoms with E-state index in [0.717, 1.165) is 56.4 Å². The van der Waals surface area contributed by atoms with Crippen molar-refractivity contribution >= 4 is 17.1 Å². The first-order chi connectivity index (χ1) is 18.3. The molecule has 1 heterocycles. The fourth-order valence-corrected chi connectivity index (χ4v) is 4.37. The molecule has 0 saturated carbocycles. The van der Waals surface area contributed by atoms with E-state index in [2.05, 4.69) is 63.3 Å². The van der Waals surface area contributed by atoms with E-state index >= 15 is 0 Å². The molecular formula is C31H29N5O2. The molecule has 190 valence electrons. The van der Waals surface area contributed by atoms with Crippen LogP contribution < -0.4 is 9.80 Å². The highest BCUT2D eigenvalue weighted by atomic mass is 16.6. The van der Waals surface area contributed by atoms with E-state index in [4.69, 9.17) is 4.98 Å². The molecular weight excluding hydrogens is 474 g/mol. The number of benzene rings is 4. The zero-order valence-electron chi connectivity index (χ0n) is 21.8. The predicted molar refractivity (Wildman–Crippen MR) is 156 cm³/mol. The van der Waals surface area contributed by atoms with Crippen LogP contribution in [0.4, 0.5) is 17.1 Å². The lowest BCUT2D eigenvalue weighted by molar-refractivity contribution is -0.384. The summed E-state index contributed by atoms with van der Waals surface area (Å²) in [5, 5.41) is 11.0. The summed E-state index contributed by atoms with van der Waals surface area (Å²) in [5.41, 5.74) is 9.14. The molecule has 0 amide bonds. The van der Waals surface area contributed by atoms with Crippen molar-refractivity contribution in [3.05, 3.63) is 107 Å². The third-order valence-corrected chi connectivity index (χ3v) is 6.60. The average Bonchev–Trinajstić information content (AvgIpc) is 3.39. The van der Waals surface area contributed by atoms with Gasteiger partial charge in [-0.15, -0.1) is 0 Å². The molecule has 1 N–H and O–H groups in total. The fourth-order valence-electron chi connectivity index (χ4n) is 4.37. The Morgan fingerprint density at radius 2 is 1.03 bits per heavy atom. The Balaban J connectivity index is 1.53. The summed E-state index contributed by atoms with van der Waals surface area (Å²) >= 11 is 0. The first kappa shape index (κ1) is 24.8. The molecule has 0 atom stereocenters. The van der Waals surface area contributed by atoms with Gasteiger partial charge in [-0.1, -0.05) is 48.5 Å². The van der Waals surface area contributed by atoms with Crippen LogP contribution in [0, 0.1) is 10.1 Å². The van der Waals surface area contributed by atoms with Gasteiger partial charge in [0.25, 0.3) is 5.69 Å². The smallest absolute Gasteiger partial charge is 0.269 e. The monoisotopic (exact) mass is 503 g/mol. The summed E-state index contributed by atoms with van der Waals surface area (Å²) in [6, 6.07) is 31.5. The topological polar surface area (TPSA) is 78.3 Å². The third kappa shape index (κ3) is 4.99. The van der Waals surface area contributed by atoms with Crippen LogP contribution in [0.3, 0.4) is 0 Å². The number of hydrogen-bond acceptors (Lipinski definition) is 5. The average molecular weight is 504 g/mol. The number of nitro groups is 1. The van der Waals surface area contributed by atoms with Crippen molar-refractivity contribution in [2.45, 2.75) is 0 Å². The number of rotatable bonds is 7. The lowest BCUT2D eigenvalue weighted by Gasteiger charge is -2.13. The van der Waals surface area contributed by atoms with Gasteiger partial charge in [-0.2, -0.15) is 0 Å². The van der Waals surface area contributed by atoms with E-state index < -0.39 is 0 Å². The third-order valence-electron chi connectivity index (χ3n) is 6.60. The first-order valence-corrected chi connectivity index (χ1v) is 12.3. The number of aromatic nitrogens is 2.